The lowest BCUT2D eigenvalue weighted by molar-refractivity contribution is -0.137. The summed E-state index contributed by atoms with van der Waals surface area (Å²) < 4.78 is 43.9. The molecule has 0 amide bonds. The van der Waals surface area contributed by atoms with Crippen molar-refractivity contribution in [3.05, 3.63) is 54.4 Å². The molecule has 2 heterocycles. The summed E-state index contributed by atoms with van der Waals surface area (Å²) in [7, 11) is 0. The van der Waals surface area contributed by atoms with Gasteiger partial charge in [0.2, 0.25) is 11.9 Å². The number of ether oxygens (including phenoxy) is 1. The molecule has 7 nitrogen and oxygen atoms in total. The van der Waals surface area contributed by atoms with Crippen LogP contribution in [0.5, 0.6) is 6.01 Å². The minimum absolute atomic E-state index is 0.0403. The highest BCUT2D eigenvalue weighted by atomic mass is 19.4. The second-order valence-electron chi connectivity index (χ2n) is 5.26. The van der Waals surface area contributed by atoms with Gasteiger partial charge in [0.05, 0.1) is 12.2 Å². The van der Waals surface area contributed by atoms with Crippen LogP contribution >= 0.6 is 0 Å². The highest BCUT2D eigenvalue weighted by molar-refractivity contribution is 5.58. The molecule has 3 rings (SSSR count). The molecule has 2 aromatic heterocycles. The van der Waals surface area contributed by atoms with Gasteiger partial charge in [0, 0.05) is 23.8 Å². The molecule has 0 fully saturated rings. The minimum atomic E-state index is -4.44. The number of rotatable bonds is 6. The predicted molar refractivity (Wildman–Crippen MR) is 93.2 cm³/mol. The lowest BCUT2D eigenvalue weighted by Gasteiger charge is -2.12. The van der Waals surface area contributed by atoms with Crippen LogP contribution in [0.15, 0.2) is 48.8 Å². The molecule has 0 unspecified atom stereocenters. The molecular formula is C17H15F3N6O. The lowest BCUT2D eigenvalue weighted by Crippen LogP contribution is -2.08. The Morgan fingerprint density at radius 1 is 0.926 bits per heavy atom. The number of aromatic nitrogens is 4. The summed E-state index contributed by atoms with van der Waals surface area (Å²) in [6, 6.07) is 8.20. The van der Waals surface area contributed by atoms with E-state index in [-0.39, 0.29) is 23.6 Å². The maximum atomic E-state index is 12.9. The number of pyridine rings is 1. The van der Waals surface area contributed by atoms with Gasteiger partial charge in [0.15, 0.2) is 0 Å². The number of hydrogen-bond acceptors (Lipinski definition) is 7. The average molecular weight is 376 g/mol. The van der Waals surface area contributed by atoms with E-state index in [4.69, 9.17) is 4.74 Å². The summed E-state index contributed by atoms with van der Waals surface area (Å²) in [4.78, 5) is 16.3. The van der Waals surface area contributed by atoms with E-state index in [0.29, 0.717) is 12.3 Å². The van der Waals surface area contributed by atoms with Crippen LogP contribution in [0.2, 0.25) is 0 Å². The largest absolute Gasteiger partial charge is 0.464 e. The molecule has 0 atom stereocenters. The van der Waals surface area contributed by atoms with Crippen molar-refractivity contribution in [3.63, 3.8) is 0 Å². The predicted octanol–water partition coefficient (Wildman–Crippen LogP) is 4.17. The number of benzene rings is 1. The zero-order valence-electron chi connectivity index (χ0n) is 14.2. The highest BCUT2D eigenvalue weighted by Gasteiger charge is 2.30. The Morgan fingerprint density at radius 3 is 2.22 bits per heavy atom. The first kappa shape index (κ1) is 18.4. The van der Waals surface area contributed by atoms with Crippen molar-refractivity contribution >= 4 is 23.3 Å². The lowest BCUT2D eigenvalue weighted by atomic mass is 10.2. The van der Waals surface area contributed by atoms with Crippen LogP contribution in [0.25, 0.3) is 0 Å². The van der Waals surface area contributed by atoms with E-state index in [1.165, 1.54) is 12.1 Å². The first-order chi connectivity index (χ1) is 12.9. The first-order valence-corrected chi connectivity index (χ1v) is 7.94. The normalized spacial score (nSPS) is 11.1. The Bertz CT molecular complexity index is 905. The summed E-state index contributed by atoms with van der Waals surface area (Å²) in [5.41, 5.74) is 0.0960. The fraction of sp³-hybridized carbons (Fsp3) is 0.176. The SMILES string of the molecule is CCOc1nc(Nc2ccncc2)nc(Nc2cccc(C(F)(F)F)c2)n1. The number of nitrogens with zero attached hydrogens (tertiary/aromatic N) is 4. The third kappa shape index (κ3) is 5.03. The van der Waals surface area contributed by atoms with Gasteiger partial charge in [-0.25, -0.2) is 0 Å². The Hall–Kier alpha value is -3.43. The number of alkyl halides is 3. The number of anilines is 4. The molecule has 0 aliphatic rings. The van der Waals surface area contributed by atoms with E-state index in [9.17, 15) is 13.2 Å². The maximum absolute atomic E-state index is 12.9. The zero-order chi connectivity index (χ0) is 19.3. The summed E-state index contributed by atoms with van der Waals surface area (Å²) in [5, 5.41) is 5.71. The van der Waals surface area contributed by atoms with Crippen molar-refractivity contribution in [2.45, 2.75) is 13.1 Å². The average Bonchev–Trinajstić information content (AvgIpc) is 2.62. The maximum Gasteiger partial charge on any atom is 0.416 e. The van der Waals surface area contributed by atoms with Gasteiger partial charge >= 0.3 is 12.2 Å². The second-order valence-corrected chi connectivity index (χ2v) is 5.26. The Morgan fingerprint density at radius 2 is 1.59 bits per heavy atom. The molecule has 2 N–H and O–H groups in total. The Kier molecular flexibility index (Phi) is 5.34. The minimum Gasteiger partial charge on any atom is -0.464 e. The van der Waals surface area contributed by atoms with Gasteiger partial charge in [-0.1, -0.05) is 6.07 Å². The van der Waals surface area contributed by atoms with E-state index < -0.39 is 11.7 Å². The molecule has 0 saturated carbocycles. The van der Waals surface area contributed by atoms with Crippen LogP contribution in [0.4, 0.5) is 36.4 Å². The van der Waals surface area contributed by atoms with Gasteiger partial charge < -0.3 is 15.4 Å². The van der Waals surface area contributed by atoms with Crippen LogP contribution in [-0.2, 0) is 6.18 Å². The third-order valence-corrected chi connectivity index (χ3v) is 3.27. The van der Waals surface area contributed by atoms with Gasteiger partial charge in [-0.3, -0.25) is 4.98 Å². The van der Waals surface area contributed by atoms with Crippen LogP contribution < -0.4 is 15.4 Å². The van der Waals surface area contributed by atoms with Gasteiger partial charge in [-0.15, -0.1) is 0 Å². The van der Waals surface area contributed by atoms with E-state index in [1.807, 2.05) is 0 Å². The number of halogens is 3. The quantitative estimate of drug-likeness (QED) is 0.668. The summed E-state index contributed by atoms with van der Waals surface area (Å²) >= 11 is 0. The summed E-state index contributed by atoms with van der Waals surface area (Å²) in [5.74, 6) is 0.221. The molecule has 0 radical (unpaired) electrons. The standard InChI is InChI=1S/C17H15F3N6O/c1-2-27-16-25-14(22-12-6-8-21-9-7-12)24-15(26-16)23-13-5-3-4-11(10-13)17(18,19)20/h3-10H,2H2,1H3,(H2,21,22,23,24,25,26). The molecule has 0 spiro atoms. The van der Waals surface area contributed by atoms with Crippen molar-refractivity contribution < 1.29 is 17.9 Å². The topological polar surface area (TPSA) is 84.8 Å². The van der Waals surface area contributed by atoms with E-state index in [1.54, 1.807) is 31.5 Å². The molecule has 140 valence electrons. The Balaban J connectivity index is 1.88. The van der Waals surface area contributed by atoms with Crippen LogP contribution in [-0.4, -0.2) is 26.5 Å². The third-order valence-electron chi connectivity index (χ3n) is 3.27. The smallest absolute Gasteiger partial charge is 0.416 e. The summed E-state index contributed by atoms with van der Waals surface area (Å²) in [6.45, 7) is 2.08. The number of nitrogens with one attached hydrogen (secondary N) is 2. The van der Waals surface area contributed by atoms with Crippen molar-refractivity contribution in [3.8, 4) is 6.01 Å². The fourth-order valence-corrected chi connectivity index (χ4v) is 2.13. The number of hydrogen-bond donors (Lipinski definition) is 2. The first-order valence-electron chi connectivity index (χ1n) is 7.94. The van der Waals surface area contributed by atoms with E-state index in [2.05, 4.69) is 30.6 Å². The molecule has 27 heavy (non-hydrogen) atoms. The molecule has 0 bridgehead atoms. The molecule has 1 aromatic carbocycles. The fourth-order valence-electron chi connectivity index (χ4n) is 2.13. The second kappa shape index (κ2) is 7.85. The molecule has 0 aliphatic heterocycles. The van der Waals surface area contributed by atoms with Gasteiger partial charge in [0.25, 0.3) is 0 Å². The van der Waals surface area contributed by atoms with Crippen molar-refractivity contribution in [1.82, 2.24) is 19.9 Å². The molecule has 0 saturated heterocycles. The van der Waals surface area contributed by atoms with Gasteiger partial charge in [-0.05, 0) is 37.3 Å². The monoisotopic (exact) mass is 376 g/mol. The van der Waals surface area contributed by atoms with Gasteiger partial charge in [-0.2, -0.15) is 28.1 Å². The molecule has 0 aliphatic carbocycles. The summed E-state index contributed by atoms with van der Waals surface area (Å²) in [6.07, 6.45) is -1.26. The van der Waals surface area contributed by atoms with Crippen LogP contribution in [0.3, 0.4) is 0 Å². The van der Waals surface area contributed by atoms with Crippen LogP contribution in [0, 0.1) is 0 Å². The van der Waals surface area contributed by atoms with E-state index >= 15 is 0 Å². The highest BCUT2D eigenvalue weighted by Crippen LogP contribution is 2.31. The van der Waals surface area contributed by atoms with E-state index in [0.717, 1.165) is 12.1 Å². The van der Waals surface area contributed by atoms with Crippen molar-refractivity contribution in [2.24, 2.45) is 0 Å². The zero-order valence-corrected chi connectivity index (χ0v) is 14.2. The molecule has 10 heteroatoms. The Labute approximate surface area is 152 Å². The van der Waals surface area contributed by atoms with Crippen molar-refractivity contribution in [2.75, 3.05) is 17.2 Å². The molecular weight excluding hydrogens is 361 g/mol. The van der Waals surface area contributed by atoms with Crippen molar-refractivity contribution in [1.29, 1.82) is 0 Å². The van der Waals surface area contributed by atoms with Gasteiger partial charge in [0.1, 0.15) is 0 Å². The molecule has 3 aromatic rings. The van der Waals surface area contributed by atoms with Crippen LogP contribution in [0.1, 0.15) is 12.5 Å².